The minimum Gasteiger partial charge on any atom is -0.381 e. The van der Waals surface area contributed by atoms with Gasteiger partial charge in [0.05, 0.1) is 5.92 Å². The van der Waals surface area contributed by atoms with Crippen molar-refractivity contribution in [3.63, 3.8) is 0 Å². The molecule has 132 valence electrons. The summed E-state index contributed by atoms with van der Waals surface area (Å²) in [5, 5.41) is 3.06. The molecule has 2 aliphatic rings. The van der Waals surface area contributed by atoms with Gasteiger partial charge < -0.3 is 15.8 Å². The Labute approximate surface area is 143 Å². The first kappa shape index (κ1) is 17.3. The first-order chi connectivity index (χ1) is 11.7. The first-order valence-electron chi connectivity index (χ1n) is 8.96. The van der Waals surface area contributed by atoms with Crippen LogP contribution in [-0.2, 0) is 16.1 Å². The maximum atomic E-state index is 12.6. The second-order valence-corrected chi connectivity index (χ2v) is 6.91. The van der Waals surface area contributed by atoms with Crippen molar-refractivity contribution in [3.8, 4) is 0 Å². The molecule has 1 amide bonds. The zero-order chi connectivity index (χ0) is 16.8. The normalized spacial score (nSPS) is 26.7. The van der Waals surface area contributed by atoms with E-state index in [1.165, 1.54) is 0 Å². The molecule has 3 rings (SSSR count). The number of aromatic nitrogens is 1. The highest BCUT2D eigenvalue weighted by Crippen LogP contribution is 2.22. The minimum atomic E-state index is 0.0121. The average molecular weight is 332 g/mol. The highest BCUT2D eigenvalue weighted by atomic mass is 16.5. The Bertz CT molecular complexity index is 519. The summed E-state index contributed by atoms with van der Waals surface area (Å²) in [6.07, 6.45) is 7.37. The van der Waals surface area contributed by atoms with Crippen LogP contribution in [0.3, 0.4) is 0 Å². The summed E-state index contributed by atoms with van der Waals surface area (Å²) in [5.74, 6) is 0.142. The standard InChI is InChI=1S/C18H28N4O2/c19-16-4-3-15(12-22(13-16)17-5-8-24-9-6-17)18(23)21-11-14-2-1-7-20-10-14/h1-2,7,10,15-17H,3-6,8-9,11-13,19H2,(H,21,23)/t15-,16+/m1/s1. The van der Waals surface area contributed by atoms with Gasteiger partial charge >= 0.3 is 0 Å². The van der Waals surface area contributed by atoms with Crippen LogP contribution in [0.5, 0.6) is 0 Å². The van der Waals surface area contributed by atoms with Crippen LogP contribution in [0.1, 0.15) is 31.2 Å². The van der Waals surface area contributed by atoms with Crippen LogP contribution < -0.4 is 11.1 Å². The predicted octanol–water partition coefficient (Wildman–Crippen LogP) is 0.916. The molecule has 0 unspecified atom stereocenters. The highest BCUT2D eigenvalue weighted by Gasteiger charge is 2.31. The molecule has 6 heteroatoms. The molecule has 3 heterocycles. The number of likely N-dealkylation sites (tertiary alicyclic amines) is 1. The summed E-state index contributed by atoms with van der Waals surface area (Å²) in [5.41, 5.74) is 7.27. The third-order valence-corrected chi connectivity index (χ3v) is 5.08. The van der Waals surface area contributed by atoms with E-state index in [1.807, 2.05) is 12.1 Å². The van der Waals surface area contributed by atoms with Crippen molar-refractivity contribution in [1.82, 2.24) is 15.2 Å². The molecule has 6 nitrogen and oxygen atoms in total. The van der Waals surface area contributed by atoms with Crippen LogP contribution >= 0.6 is 0 Å². The molecule has 0 bridgehead atoms. The maximum Gasteiger partial charge on any atom is 0.224 e. The molecular formula is C18H28N4O2. The van der Waals surface area contributed by atoms with Crippen LogP contribution in [0.2, 0.25) is 0 Å². The lowest BCUT2D eigenvalue weighted by Crippen LogP contribution is -2.47. The first-order valence-corrected chi connectivity index (χ1v) is 8.96. The minimum absolute atomic E-state index is 0.0121. The highest BCUT2D eigenvalue weighted by molar-refractivity contribution is 5.78. The van der Waals surface area contributed by atoms with Gasteiger partial charge in [-0.25, -0.2) is 0 Å². The Balaban J connectivity index is 1.57. The number of hydrogen-bond donors (Lipinski definition) is 2. The average Bonchev–Trinajstić information content (AvgIpc) is 2.83. The zero-order valence-electron chi connectivity index (χ0n) is 14.2. The number of amides is 1. The number of ether oxygens (including phenoxy) is 1. The number of nitrogens with zero attached hydrogens (tertiary/aromatic N) is 2. The van der Waals surface area contributed by atoms with E-state index in [0.29, 0.717) is 12.6 Å². The quantitative estimate of drug-likeness (QED) is 0.857. The van der Waals surface area contributed by atoms with Gasteiger partial charge in [0.2, 0.25) is 5.91 Å². The predicted molar refractivity (Wildman–Crippen MR) is 92.2 cm³/mol. The van der Waals surface area contributed by atoms with E-state index in [9.17, 15) is 4.79 Å². The van der Waals surface area contributed by atoms with Gasteiger partial charge in [0, 0.05) is 57.3 Å². The molecule has 0 saturated carbocycles. The second kappa shape index (κ2) is 8.55. The van der Waals surface area contributed by atoms with Crippen molar-refractivity contribution in [1.29, 1.82) is 0 Å². The monoisotopic (exact) mass is 332 g/mol. The molecule has 0 spiro atoms. The van der Waals surface area contributed by atoms with E-state index in [1.54, 1.807) is 12.4 Å². The molecule has 3 N–H and O–H groups in total. The topological polar surface area (TPSA) is 80.5 Å². The Morgan fingerprint density at radius 2 is 2.12 bits per heavy atom. The van der Waals surface area contributed by atoms with E-state index >= 15 is 0 Å². The molecule has 2 atom stereocenters. The Hall–Kier alpha value is -1.50. The van der Waals surface area contributed by atoms with Gasteiger partial charge in [0.15, 0.2) is 0 Å². The lowest BCUT2D eigenvalue weighted by atomic mass is 10.0. The summed E-state index contributed by atoms with van der Waals surface area (Å²) >= 11 is 0. The van der Waals surface area contributed by atoms with E-state index in [-0.39, 0.29) is 17.9 Å². The van der Waals surface area contributed by atoms with Crippen LogP contribution in [0.25, 0.3) is 0 Å². The van der Waals surface area contributed by atoms with Gasteiger partial charge in [-0.15, -0.1) is 0 Å². The summed E-state index contributed by atoms with van der Waals surface area (Å²) in [6, 6.07) is 4.52. The van der Waals surface area contributed by atoms with Gasteiger partial charge in [0.25, 0.3) is 0 Å². The molecule has 0 aromatic carbocycles. The number of rotatable bonds is 4. The van der Waals surface area contributed by atoms with Crippen LogP contribution in [0.4, 0.5) is 0 Å². The maximum absolute atomic E-state index is 12.6. The summed E-state index contributed by atoms with van der Waals surface area (Å²) < 4.78 is 5.47. The molecule has 1 aromatic heterocycles. The summed E-state index contributed by atoms with van der Waals surface area (Å²) in [6.45, 7) is 3.85. The smallest absolute Gasteiger partial charge is 0.224 e. The summed E-state index contributed by atoms with van der Waals surface area (Å²) in [7, 11) is 0. The van der Waals surface area contributed by atoms with E-state index in [0.717, 1.165) is 57.6 Å². The lowest BCUT2D eigenvalue weighted by Gasteiger charge is -2.35. The lowest BCUT2D eigenvalue weighted by molar-refractivity contribution is -0.126. The molecule has 2 fully saturated rings. The van der Waals surface area contributed by atoms with Crippen LogP contribution in [0.15, 0.2) is 24.5 Å². The number of carbonyl (C=O) groups excluding carboxylic acids is 1. The number of carbonyl (C=O) groups is 1. The molecule has 2 aliphatic heterocycles. The van der Waals surface area contributed by atoms with Crippen molar-refractivity contribution in [2.75, 3.05) is 26.3 Å². The molecule has 0 aliphatic carbocycles. The largest absolute Gasteiger partial charge is 0.381 e. The molecule has 1 aromatic rings. The van der Waals surface area contributed by atoms with Crippen molar-refractivity contribution in [2.24, 2.45) is 11.7 Å². The van der Waals surface area contributed by atoms with Gasteiger partial charge in [-0.05, 0) is 37.3 Å². The van der Waals surface area contributed by atoms with Gasteiger partial charge in [-0.1, -0.05) is 6.07 Å². The van der Waals surface area contributed by atoms with Crippen LogP contribution in [-0.4, -0.2) is 54.2 Å². The molecule has 2 saturated heterocycles. The third kappa shape index (κ3) is 4.75. The van der Waals surface area contributed by atoms with Gasteiger partial charge in [-0.2, -0.15) is 0 Å². The Morgan fingerprint density at radius 1 is 1.29 bits per heavy atom. The third-order valence-electron chi connectivity index (χ3n) is 5.08. The molecule has 24 heavy (non-hydrogen) atoms. The fourth-order valence-corrected chi connectivity index (χ4v) is 3.66. The number of nitrogens with two attached hydrogens (primary N) is 1. The van der Waals surface area contributed by atoms with Crippen LogP contribution in [0, 0.1) is 5.92 Å². The molecule has 0 radical (unpaired) electrons. The van der Waals surface area contributed by atoms with E-state index in [4.69, 9.17) is 10.5 Å². The van der Waals surface area contributed by atoms with Crippen molar-refractivity contribution in [2.45, 2.75) is 44.3 Å². The fraction of sp³-hybridized carbons (Fsp3) is 0.667. The van der Waals surface area contributed by atoms with E-state index in [2.05, 4.69) is 15.2 Å². The zero-order valence-corrected chi connectivity index (χ0v) is 14.2. The summed E-state index contributed by atoms with van der Waals surface area (Å²) in [4.78, 5) is 19.1. The van der Waals surface area contributed by atoms with Crippen molar-refractivity contribution < 1.29 is 9.53 Å². The van der Waals surface area contributed by atoms with Gasteiger partial charge in [-0.3, -0.25) is 14.7 Å². The SMILES string of the molecule is N[C@H]1CC[C@@H](C(=O)NCc2cccnc2)CN(C2CCOCC2)C1. The second-order valence-electron chi connectivity index (χ2n) is 6.91. The number of hydrogen-bond acceptors (Lipinski definition) is 5. The number of pyridine rings is 1. The van der Waals surface area contributed by atoms with Crippen molar-refractivity contribution >= 4 is 5.91 Å². The fourth-order valence-electron chi connectivity index (χ4n) is 3.66. The van der Waals surface area contributed by atoms with E-state index < -0.39 is 0 Å². The molecular weight excluding hydrogens is 304 g/mol. The number of nitrogens with one attached hydrogen (secondary N) is 1. The Kier molecular flexibility index (Phi) is 6.18. The van der Waals surface area contributed by atoms with Gasteiger partial charge in [0.1, 0.15) is 0 Å². The Morgan fingerprint density at radius 3 is 2.88 bits per heavy atom. The van der Waals surface area contributed by atoms with Crippen molar-refractivity contribution in [3.05, 3.63) is 30.1 Å².